The van der Waals surface area contributed by atoms with Gasteiger partial charge in [-0.3, -0.25) is 0 Å². The van der Waals surface area contributed by atoms with Gasteiger partial charge in [0.05, 0.1) is 0 Å². The summed E-state index contributed by atoms with van der Waals surface area (Å²) >= 11 is 2.41. The zero-order valence-electron chi connectivity index (χ0n) is 5.58. The fourth-order valence-corrected chi connectivity index (χ4v) is 0.968. The smallest absolute Gasteiger partial charge is 0.00359 e. The van der Waals surface area contributed by atoms with Crippen LogP contribution in [0.15, 0.2) is 0 Å². The van der Waals surface area contributed by atoms with Crippen molar-refractivity contribution in [2.75, 3.05) is 11.5 Å². The quantitative estimate of drug-likeness (QED) is 0.570. The van der Waals surface area contributed by atoms with E-state index < -0.39 is 0 Å². The molecule has 0 saturated carbocycles. The normalized spacial score (nSPS) is 13.9. The third-order valence-corrected chi connectivity index (χ3v) is 2.03. The van der Waals surface area contributed by atoms with Crippen molar-refractivity contribution in [3.63, 3.8) is 0 Å². The molecule has 0 aliphatic carbocycles. The Balaban J connectivity index is 2.86. The van der Waals surface area contributed by atoms with Gasteiger partial charge in [-0.25, -0.2) is 0 Å². The minimum atomic E-state index is 0.699. The maximum absolute atomic E-state index is 3.20. The molecule has 2 heteroatoms. The Hall–Kier alpha value is 0.690. The van der Waals surface area contributed by atoms with Crippen LogP contribution in [0.3, 0.4) is 0 Å². The molecule has 0 aromatic carbocycles. The van der Waals surface area contributed by atoms with Crippen LogP contribution in [0.25, 0.3) is 0 Å². The average Bonchev–Trinajstić information content (AvgIpc) is 1.83. The van der Waals surface area contributed by atoms with E-state index in [1.807, 2.05) is 7.05 Å². The van der Waals surface area contributed by atoms with E-state index in [0.717, 1.165) is 0 Å². The molecule has 0 aromatic rings. The lowest BCUT2D eigenvalue weighted by Gasteiger charge is -2.06. The number of hydrogen-bond acceptors (Lipinski definition) is 1. The Morgan fingerprint density at radius 2 is 2.25 bits per heavy atom. The Kier molecular flexibility index (Phi) is 6.32. The number of nitrogens with one attached hydrogen (secondary N) is 1. The lowest BCUT2D eigenvalue weighted by atomic mass is 10.2. The summed E-state index contributed by atoms with van der Waals surface area (Å²) in [5.41, 5.74) is 0. The first-order valence-electron chi connectivity index (χ1n) is 3.04. The summed E-state index contributed by atoms with van der Waals surface area (Å²) in [5.74, 6) is 0. The van der Waals surface area contributed by atoms with Crippen molar-refractivity contribution in [3.05, 3.63) is 0 Å². The molecule has 0 fully saturated rings. The van der Waals surface area contributed by atoms with Crippen LogP contribution in [0, 0.1) is 0 Å². The molecule has 0 heterocycles. The fourth-order valence-electron chi connectivity index (χ4n) is 0.528. The van der Waals surface area contributed by atoms with Crippen LogP contribution in [0.2, 0.25) is 0 Å². The molecule has 0 aromatic heterocycles. The van der Waals surface area contributed by atoms with Gasteiger partial charge in [-0.2, -0.15) is 0 Å². The highest BCUT2D eigenvalue weighted by Gasteiger charge is 1.93. The second kappa shape index (κ2) is 5.82. The van der Waals surface area contributed by atoms with Crippen LogP contribution in [0.5, 0.6) is 0 Å². The molecule has 1 N–H and O–H groups in total. The average molecular weight is 227 g/mol. The van der Waals surface area contributed by atoms with Gasteiger partial charge in [-0.05, 0) is 31.2 Å². The van der Waals surface area contributed by atoms with E-state index in [1.165, 1.54) is 17.3 Å². The van der Waals surface area contributed by atoms with E-state index in [2.05, 4.69) is 34.8 Å². The summed E-state index contributed by atoms with van der Waals surface area (Å²) in [4.78, 5) is 0. The monoisotopic (exact) mass is 227 g/mol. The third kappa shape index (κ3) is 4.84. The van der Waals surface area contributed by atoms with Gasteiger partial charge in [0, 0.05) is 6.04 Å². The lowest BCUT2D eigenvalue weighted by Crippen LogP contribution is -2.20. The van der Waals surface area contributed by atoms with Crippen molar-refractivity contribution in [1.82, 2.24) is 5.32 Å². The minimum Gasteiger partial charge on any atom is -0.317 e. The van der Waals surface area contributed by atoms with Crippen molar-refractivity contribution in [1.29, 1.82) is 0 Å². The molecule has 0 spiro atoms. The summed E-state index contributed by atoms with van der Waals surface area (Å²) in [6.45, 7) is 2.21. The maximum atomic E-state index is 3.20. The largest absolute Gasteiger partial charge is 0.317 e. The summed E-state index contributed by atoms with van der Waals surface area (Å²) in [5, 5.41) is 3.20. The molecule has 1 atom stereocenters. The molecule has 0 radical (unpaired) electrons. The molecule has 0 bridgehead atoms. The Morgan fingerprint density at radius 1 is 1.62 bits per heavy atom. The first kappa shape index (κ1) is 8.69. The van der Waals surface area contributed by atoms with Crippen LogP contribution >= 0.6 is 22.6 Å². The second-order valence-electron chi connectivity index (χ2n) is 2.02. The van der Waals surface area contributed by atoms with Crippen molar-refractivity contribution < 1.29 is 0 Å². The molecule has 8 heavy (non-hydrogen) atoms. The van der Waals surface area contributed by atoms with E-state index in [4.69, 9.17) is 0 Å². The molecule has 0 saturated heterocycles. The Bertz CT molecular complexity index is 47.8. The lowest BCUT2D eigenvalue weighted by molar-refractivity contribution is 0.561. The highest BCUT2D eigenvalue weighted by Crippen LogP contribution is 1.97. The molecule has 0 amide bonds. The summed E-state index contributed by atoms with van der Waals surface area (Å²) in [6, 6.07) is 0.699. The number of hydrogen-bond donors (Lipinski definition) is 1. The first-order chi connectivity index (χ1) is 3.81. The maximum Gasteiger partial charge on any atom is 0.00359 e. The van der Waals surface area contributed by atoms with Crippen molar-refractivity contribution in [2.24, 2.45) is 0 Å². The highest BCUT2D eigenvalue weighted by atomic mass is 127. The van der Waals surface area contributed by atoms with Gasteiger partial charge in [-0.15, -0.1) is 0 Å². The molecular weight excluding hydrogens is 213 g/mol. The topological polar surface area (TPSA) is 12.0 Å². The molecule has 0 aliphatic heterocycles. The van der Waals surface area contributed by atoms with E-state index >= 15 is 0 Å². The van der Waals surface area contributed by atoms with Crippen LogP contribution in [-0.4, -0.2) is 17.5 Å². The summed E-state index contributed by atoms with van der Waals surface area (Å²) in [7, 11) is 2.01. The van der Waals surface area contributed by atoms with E-state index in [9.17, 15) is 0 Å². The summed E-state index contributed by atoms with van der Waals surface area (Å²) < 4.78 is 1.28. The van der Waals surface area contributed by atoms with Gasteiger partial charge >= 0.3 is 0 Å². The zero-order valence-corrected chi connectivity index (χ0v) is 7.73. The van der Waals surface area contributed by atoms with Gasteiger partial charge < -0.3 is 5.32 Å². The Morgan fingerprint density at radius 3 is 2.62 bits per heavy atom. The third-order valence-electron chi connectivity index (χ3n) is 1.26. The molecule has 0 rings (SSSR count). The van der Waals surface area contributed by atoms with Crippen LogP contribution < -0.4 is 5.32 Å². The number of halogens is 1. The van der Waals surface area contributed by atoms with Crippen molar-refractivity contribution in [3.8, 4) is 0 Å². The van der Waals surface area contributed by atoms with Gasteiger partial charge in [0.15, 0.2) is 0 Å². The second-order valence-corrected chi connectivity index (χ2v) is 3.10. The van der Waals surface area contributed by atoms with Crippen molar-refractivity contribution >= 4 is 22.6 Å². The highest BCUT2D eigenvalue weighted by molar-refractivity contribution is 14.1. The summed E-state index contributed by atoms with van der Waals surface area (Å²) in [6.07, 6.45) is 2.64. The van der Waals surface area contributed by atoms with E-state index in [0.29, 0.717) is 6.04 Å². The predicted octanol–water partition coefficient (Wildman–Crippen LogP) is 1.81. The number of rotatable bonds is 4. The minimum absolute atomic E-state index is 0.699. The molecular formula is C6H14IN. The number of alkyl halides is 1. The molecule has 0 aliphatic rings. The SMILES string of the molecule is CNC(C)CCCI. The van der Waals surface area contributed by atoms with E-state index in [1.54, 1.807) is 0 Å². The van der Waals surface area contributed by atoms with Crippen LogP contribution in [-0.2, 0) is 0 Å². The fraction of sp³-hybridized carbons (Fsp3) is 1.00. The molecule has 1 nitrogen and oxygen atoms in total. The van der Waals surface area contributed by atoms with Gasteiger partial charge in [-0.1, -0.05) is 22.6 Å². The van der Waals surface area contributed by atoms with E-state index in [-0.39, 0.29) is 0 Å². The predicted molar refractivity (Wildman–Crippen MR) is 46.6 cm³/mol. The zero-order chi connectivity index (χ0) is 6.41. The van der Waals surface area contributed by atoms with Crippen LogP contribution in [0.1, 0.15) is 19.8 Å². The first-order valence-corrected chi connectivity index (χ1v) is 4.57. The molecule has 50 valence electrons. The van der Waals surface area contributed by atoms with Gasteiger partial charge in [0.1, 0.15) is 0 Å². The van der Waals surface area contributed by atoms with Crippen molar-refractivity contribution in [2.45, 2.75) is 25.8 Å². The van der Waals surface area contributed by atoms with Gasteiger partial charge in [0.2, 0.25) is 0 Å². The standard InChI is InChI=1S/C6H14IN/c1-6(8-2)4-3-5-7/h6,8H,3-5H2,1-2H3. The Labute approximate surface area is 65.4 Å². The van der Waals surface area contributed by atoms with Gasteiger partial charge in [0.25, 0.3) is 0 Å². The molecule has 1 unspecified atom stereocenters. The van der Waals surface area contributed by atoms with Crippen LogP contribution in [0.4, 0.5) is 0 Å².